The number of hydrogen-bond acceptors (Lipinski definition) is 4. The van der Waals surface area contributed by atoms with Gasteiger partial charge in [0.1, 0.15) is 0 Å². The summed E-state index contributed by atoms with van der Waals surface area (Å²) in [4.78, 5) is 5.45. The average molecular weight is 216 g/mol. The molecule has 1 rings (SSSR count). The predicted molar refractivity (Wildman–Crippen MR) is 61.7 cm³/mol. The van der Waals surface area contributed by atoms with Crippen molar-refractivity contribution < 1.29 is 0 Å². The lowest BCUT2D eigenvalue weighted by Gasteiger charge is -2.14. The highest BCUT2D eigenvalue weighted by Gasteiger charge is 2.07. The zero-order valence-corrected chi connectivity index (χ0v) is 9.75. The smallest absolute Gasteiger partial charge is 0.0794 e. The van der Waals surface area contributed by atoms with Crippen LogP contribution in [0.1, 0.15) is 11.8 Å². The molecule has 0 saturated heterocycles. The Morgan fingerprint density at radius 3 is 3.08 bits per heavy atom. The Bertz CT molecular complexity index is 205. The Labute approximate surface area is 88.2 Å². The molecule has 0 aliphatic rings. The summed E-state index contributed by atoms with van der Waals surface area (Å²) < 4.78 is 0. The number of aromatic nitrogens is 1. The van der Waals surface area contributed by atoms with Gasteiger partial charge < -0.3 is 5.32 Å². The normalized spacial score (nSPS) is 13.1. The molecule has 0 aromatic carbocycles. The van der Waals surface area contributed by atoms with Crippen LogP contribution < -0.4 is 5.32 Å². The van der Waals surface area contributed by atoms with Crippen LogP contribution in [0.3, 0.4) is 0 Å². The van der Waals surface area contributed by atoms with E-state index in [0.717, 1.165) is 13.0 Å². The maximum atomic E-state index is 4.08. The zero-order valence-electron chi connectivity index (χ0n) is 8.12. The minimum Gasteiger partial charge on any atom is -0.313 e. The third kappa shape index (κ3) is 4.11. The Morgan fingerprint density at radius 1 is 1.69 bits per heavy atom. The zero-order chi connectivity index (χ0) is 9.52. The maximum Gasteiger partial charge on any atom is 0.0794 e. The molecule has 74 valence electrons. The van der Waals surface area contributed by atoms with Crippen LogP contribution in [0.4, 0.5) is 0 Å². The highest BCUT2D eigenvalue weighted by molar-refractivity contribution is 7.98. The van der Waals surface area contributed by atoms with E-state index in [0.29, 0.717) is 6.04 Å². The highest BCUT2D eigenvalue weighted by atomic mass is 32.2. The molecule has 4 heteroatoms. The molecular formula is C9H16N2S2. The lowest BCUT2D eigenvalue weighted by molar-refractivity contribution is 0.576. The molecule has 1 unspecified atom stereocenters. The van der Waals surface area contributed by atoms with Gasteiger partial charge in [0.25, 0.3) is 0 Å². The van der Waals surface area contributed by atoms with Crippen molar-refractivity contribution in [3.8, 4) is 0 Å². The molecule has 1 atom stereocenters. The van der Waals surface area contributed by atoms with Crippen LogP contribution in [0.2, 0.25) is 0 Å². The number of thioether (sulfide) groups is 1. The summed E-state index contributed by atoms with van der Waals surface area (Å²) in [5.41, 5.74) is 1.90. The van der Waals surface area contributed by atoms with Crippen molar-refractivity contribution in [2.45, 2.75) is 19.4 Å². The Hall–Kier alpha value is -0.0600. The maximum absolute atomic E-state index is 4.08. The summed E-state index contributed by atoms with van der Waals surface area (Å²) in [7, 11) is 0. The van der Waals surface area contributed by atoms with Crippen LogP contribution in [0.25, 0.3) is 0 Å². The summed E-state index contributed by atoms with van der Waals surface area (Å²) in [5, 5.41) is 3.48. The lowest BCUT2D eigenvalue weighted by Crippen LogP contribution is -2.32. The molecule has 1 N–H and O–H groups in total. The van der Waals surface area contributed by atoms with Gasteiger partial charge in [-0.1, -0.05) is 6.92 Å². The number of rotatable bonds is 6. The van der Waals surface area contributed by atoms with E-state index in [1.807, 2.05) is 23.5 Å². The third-order valence-corrected chi connectivity index (χ3v) is 3.33. The van der Waals surface area contributed by atoms with Gasteiger partial charge in [-0.05, 0) is 19.2 Å². The van der Waals surface area contributed by atoms with E-state index in [2.05, 4.69) is 23.5 Å². The van der Waals surface area contributed by atoms with E-state index in [1.54, 1.807) is 11.3 Å². The van der Waals surface area contributed by atoms with Crippen molar-refractivity contribution in [3.05, 3.63) is 16.6 Å². The van der Waals surface area contributed by atoms with Crippen LogP contribution in [0, 0.1) is 0 Å². The van der Waals surface area contributed by atoms with E-state index in [9.17, 15) is 0 Å². The second kappa shape index (κ2) is 6.40. The first-order valence-corrected chi connectivity index (χ1v) is 6.73. The molecule has 0 bridgehead atoms. The summed E-state index contributed by atoms with van der Waals surface area (Å²) in [6, 6.07) is 0.598. The monoisotopic (exact) mass is 216 g/mol. The first-order chi connectivity index (χ1) is 6.36. The number of hydrogen-bond donors (Lipinski definition) is 1. The first-order valence-electron chi connectivity index (χ1n) is 4.46. The van der Waals surface area contributed by atoms with Gasteiger partial charge in [-0.15, -0.1) is 11.3 Å². The van der Waals surface area contributed by atoms with Gasteiger partial charge in [0, 0.05) is 22.9 Å². The van der Waals surface area contributed by atoms with E-state index < -0.39 is 0 Å². The Morgan fingerprint density at radius 2 is 2.54 bits per heavy atom. The topological polar surface area (TPSA) is 24.9 Å². The van der Waals surface area contributed by atoms with Crippen molar-refractivity contribution in [1.29, 1.82) is 0 Å². The summed E-state index contributed by atoms with van der Waals surface area (Å²) in [6.07, 6.45) is 5.23. The summed E-state index contributed by atoms with van der Waals surface area (Å²) in [5.74, 6) is 1.17. The largest absolute Gasteiger partial charge is 0.313 e. The second-order valence-electron chi connectivity index (χ2n) is 2.88. The van der Waals surface area contributed by atoms with Crippen molar-refractivity contribution in [2.75, 3.05) is 18.6 Å². The molecular weight excluding hydrogens is 200 g/mol. The predicted octanol–water partition coefficient (Wildman–Crippen LogP) is 2.03. The number of likely N-dealkylation sites (N-methyl/N-ethyl adjacent to an activating group) is 1. The molecule has 0 amide bonds. The minimum absolute atomic E-state index is 0.598. The number of nitrogens with zero attached hydrogens (tertiary/aromatic N) is 1. The molecule has 0 fully saturated rings. The summed E-state index contributed by atoms with van der Waals surface area (Å²) in [6.45, 7) is 3.20. The first kappa shape index (κ1) is 11.0. The van der Waals surface area contributed by atoms with Gasteiger partial charge in [-0.25, -0.2) is 0 Å². The van der Waals surface area contributed by atoms with Crippen molar-refractivity contribution in [2.24, 2.45) is 0 Å². The highest BCUT2D eigenvalue weighted by Crippen LogP contribution is 2.10. The third-order valence-electron chi connectivity index (χ3n) is 1.79. The molecule has 0 spiro atoms. The fraction of sp³-hybridized carbons (Fsp3) is 0.667. The van der Waals surface area contributed by atoms with Crippen molar-refractivity contribution >= 4 is 23.1 Å². The standard InChI is InChI=1S/C9H16N2S2/c1-3-11-8(6-12-2)4-9-5-10-7-13-9/h5,7-8,11H,3-4,6H2,1-2H3. The molecule has 0 saturated carbocycles. The summed E-state index contributed by atoms with van der Waals surface area (Å²) >= 11 is 3.64. The van der Waals surface area contributed by atoms with Gasteiger partial charge >= 0.3 is 0 Å². The lowest BCUT2D eigenvalue weighted by atomic mass is 10.2. The molecule has 1 heterocycles. The van der Waals surface area contributed by atoms with Crippen molar-refractivity contribution in [3.63, 3.8) is 0 Å². The molecule has 0 radical (unpaired) electrons. The van der Waals surface area contributed by atoms with Crippen molar-refractivity contribution in [1.82, 2.24) is 10.3 Å². The van der Waals surface area contributed by atoms with Crippen LogP contribution in [-0.2, 0) is 6.42 Å². The van der Waals surface area contributed by atoms with Gasteiger partial charge in [0.2, 0.25) is 0 Å². The van der Waals surface area contributed by atoms with Gasteiger partial charge in [0.15, 0.2) is 0 Å². The Balaban J connectivity index is 2.37. The molecule has 1 aromatic rings. The molecule has 0 aliphatic heterocycles. The van der Waals surface area contributed by atoms with E-state index in [-0.39, 0.29) is 0 Å². The molecule has 13 heavy (non-hydrogen) atoms. The van der Waals surface area contributed by atoms with E-state index in [4.69, 9.17) is 0 Å². The molecule has 2 nitrogen and oxygen atoms in total. The van der Waals surface area contributed by atoms with Gasteiger partial charge in [-0.2, -0.15) is 11.8 Å². The number of thiazole rings is 1. The second-order valence-corrected chi connectivity index (χ2v) is 4.76. The van der Waals surface area contributed by atoms with E-state index >= 15 is 0 Å². The average Bonchev–Trinajstić information content (AvgIpc) is 2.58. The van der Waals surface area contributed by atoms with Crippen LogP contribution in [-0.4, -0.2) is 29.6 Å². The quantitative estimate of drug-likeness (QED) is 0.787. The number of nitrogens with one attached hydrogen (secondary N) is 1. The van der Waals surface area contributed by atoms with Crippen LogP contribution in [0.5, 0.6) is 0 Å². The molecule has 0 aliphatic carbocycles. The van der Waals surface area contributed by atoms with E-state index in [1.165, 1.54) is 10.6 Å². The SMILES string of the molecule is CCNC(CSC)Cc1cncs1. The van der Waals surface area contributed by atoms with Crippen LogP contribution >= 0.6 is 23.1 Å². The van der Waals surface area contributed by atoms with Gasteiger partial charge in [-0.3, -0.25) is 4.98 Å². The Kier molecular flexibility index (Phi) is 5.43. The fourth-order valence-electron chi connectivity index (χ4n) is 1.27. The molecule has 1 aromatic heterocycles. The van der Waals surface area contributed by atoms with Crippen LogP contribution in [0.15, 0.2) is 11.7 Å². The van der Waals surface area contributed by atoms with Gasteiger partial charge in [0.05, 0.1) is 5.51 Å². The fourth-order valence-corrected chi connectivity index (χ4v) is 2.58. The minimum atomic E-state index is 0.598.